The number of pyridine rings is 1. The summed E-state index contributed by atoms with van der Waals surface area (Å²) in [4.78, 5) is 7.91. The molecule has 5 nitrogen and oxygen atoms in total. The molecule has 0 spiro atoms. The zero-order chi connectivity index (χ0) is 15.6. The highest BCUT2D eigenvalue weighted by Crippen LogP contribution is 2.30. The van der Waals surface area contributed by atoms with E-state index < -0.39 is 11.7 Å². The maximum atomic E-state index is 12.7. The summed E-state index contributed by atoms with van der Waals surface area (Å²) in [5.74, 6) is 1.54. The minimum atomic E-state index is -4.47. The van der Waals surface area contributed by atoms with Crippen LogP contribution >= 0.6 is 11.8 Å². The van der Waals surface area contributed by atoms with Gasteiger partial charge in [-0.05, 0) is 11.8 Å². The predicted molar refractivity (Wildman–Crippen MR) is 74.8 cm³/mol. The standard InChI is InChI=1S/C12H13F3N4OS/c1-3-21-6-9(18-20)11-17-8-4-7(12(13,14)15)5-16-10(8)19(11)2/h4-5,20H,3,6H2,1-2H3. The van der Waals surface area contributed by atoms with Crippen molar-refractivity contribution in [2.75, 3.05) is 11.5 Å². The molecule has 0 aliphatic rings. The number of fused-ring (bicyclic) bond motifs is 1. The fourth-order valence-electron chi connectivity index (χ4n) is 1.83. The van der Waals surface area contributed by atoms with Crippen molar-refractivity contribution in [1.29, 1.82) is 0 Å². The lowest BCUT2D eigenvalue weighted by Gasteiger charge is -2.05. The maximum Gasteiger partial charge on any atom is 0.417 e. The number of imidazole rings is 1. The van der Waals surface area contributed by atoms with Crippen LogP contribution in [-0.2, 0) is 13.2 Å². The van der Waals surface area contributed by atoms with Crippen LogP contribution < -0.4 is 0 Å². The van der Waals surface area contributed by atoms with E-state index in [9.17, 15) is 13.2 Å². The molecule has 2 aromatic rings. The summed E-state index contributed by atoms with van der Waals surface area (Å²) in [6.07, 6.45) is -3.70. The van der Waals surface area contributed by atoms with Crippen molar-refractivity contribution < 1.29 is 18.4 Å². The van der Waals surface area contributed by atoms with E-state index in [1.807, 2.05) is 6.92 Å². The van der Waals surface area contributed by atoms with Gasteiger partial charge < -0.3 is 9.77 Å². The number of aryl methyl sites for hydroxylation is 1. The Bertz CT molecular complexity index is 681. The van der Waals surface area contributed by atoms with E-state index in [0.717, 1.165) is 18.0 Å². The Balaban J connectivity index is 2.50. The SMILES string of the molecule is CCSCC(=NO)c1nc2cc(C(F)(F)F)cnc2n1C. The molecule has 0 radical (unpaired) electrons. The van der Waals surface area contributed by atoms with E-state index in [1.165, 1.54) is 16.3 Å². The van der Waals surface area contributed by atoms with Gasteiger partial charge in [0.15, 0.2) is 11.5 Å². The van der Waals surface area contributed by atoms with E-state index in [4.69, 9.17) is 5.21 Å². The number of rotatable bonds is 4. The third-order valence-electron chi connectivity index (χ3n) is 2.86. The number of nitrogens with zero attached hydrogens (tertiary/aromatic N) is 4. The number of oxime groups is 1. The molecule has 2 rings (SSSR count). The second-order valence-electron chi connectivity index (χ2n) is 4.24. The zero-order valence-electron chi connectivity index (χ0n) is 11.3. The number of alkyl halides is 3. The van der Waals surface area contributed by atoms with E-state index >= 15 is 0 Å². The second kappa shape index (κ2) is 5.92. The van der Waals surface area contributed by atoms with Crippen LogP contribution in [0, 0.1) is 0 Å². The number of halogens is 3. The highest BCUT2D eigenvalue weighted by molar-refractivity contribution is 7.99. The lowest BCUT2D eigenvalue weighted by atomic mass is 10.2. The molecule has 2 heterocycles. The molecule has 0 atom stereocenters. The van der Waals surface area contributed by atoms with Gasteiger partial charge in [0, 0.05) is 19.0 Å². The van der Waals surface area contributed by atoms with Crippen molar-refractivity contribution >= 4 is 28.6 Å². The fraction of sp³-hybridized carbons (Fsp3) is 0.417. The molecular weight excluding hydrogens is 305 g/mol. The summed E-state index contributed by atoms with van der Waals surface area (Å²) in [7, 11) is 1.62. The van der Waals surface area contributed by atoms with Gasteiger partial charge in [0.1, 0.15) is 11.2 Å². The molecule has 21 heavy (non-hydrogen) atoms. The zero-order valence-corrected chi connectivity index (χ0v) is 12.2. The Morgan fingerprint density at radius 3 is 2.76 bits per heavy atom. The molecule has 2 aromatic heterocycles. The topological polar surface area (TPSA) is 63.3 Å². The number of hydrogen-bond acceptors (Lipinski definition) is 5. The second-order valence-corrected chi connectivity index (χ2v) is 5.52. The summed E-state index contributed by atoms with van der Waals surface area (Å²) < 4.78 is 39.5. The average Bonchev–Trinajstić information content (AvgIpc) is 2.76. The molecule has 0 aromatic carbocycles. The van der Waals surface area contributed by atoms with Crippen molar-refractivity contribution in [3.8, 4) is 0 Å². The molecular formula is C12H13F3N4OS. The first-order chi connectivity index (χ1) is 9.88. The lowest BCUT2D eigenvalue weighted by molar-refractivity contribution is -0.137. The first-order valence-electron chi connectivity index (χ1n) is 6.07. The molecule has 0 saturated carbocycles. The van der Waals surface area contributed by atoms with Crippen molar-refractivity contribution in [2.24, 2.45) is 12.2 Å². The number of hydrogen-bond donors (Lipinski definition) is 1. The van der Waals surface area contributed by atoms with Crippen molar-refractivity contribution in [3.63, 3.8) is 0 Å². The van der Waals surface area contributed by atoms with Gasteiger partial charge in [-0.3, -0.25) is 0 Å². The normalized spacial score (nSPS) is 13.1. The van der Waals surface area contributed by atoms with Gasteiger partial charge in [-0.15, -0.1) is 0 Å². The van der Waals surface area contributed by atoms with E-state index in [2.05, 4.69) is 15.1 Å². The van der Waals surface area contributed by atoms with Crippen LogP contribution in [0.5, 0.6) is 0 Å². The van der Waals surface area contributed by atoms with Crippen LogP contribution in [-0.4, -0.2) is 37.0 Å². The molecule has 114 valence electrons. The fourth-order valence-corrected chi connectivity index (χ4v) is 2.41. The Hall–Kier alpha value is -1.77. The maximum absolute atomic E-state index is 12.7. The summed E-state index contributed by atoms with van der Waals surface area (Å²) in [6.45, 7) is 1.95. The smallest absolute Gasteiger partial charge is 0.411 e. The van der Waals surface area contributed by atoms with Gasteiger partial charge in [0.05, 0.1) is 5.56 Å². The summed E-state index contributed by atoms with van der Waals surface area (Å²) in [5, 5.41) is 12.2. The van der Waals surface area contributed by atoms with Gasteiger partial charge in [0.25, 0.3) is 0 Å². The lowest BCUT2D eigenvalue weighted by Crippen LogP contribution is -2.12. The van der Waals surface area contributed by atoms with Crippen LogP contribution in [0.2, 0.25) is 0 Å². The Morgan fingerprint density at radius 2 is 2.19 bits per heavy atom. The third kappa shape index (κ3) is 3.12. The summed E-state index contributed by atoms with van der Waals surface area (Å²) in [6, 6.07) is 0.938. The molecule has 0 bridgehead atoms. The van der Waals surface area contributed by atoms with E-state index in [0.29, 0.717) is 22.9 Å². The van der Waals surface area contributed by atoms with E-state index in [-0.39, 0.29) is 5.52 Å². The number of aromatic nitrogens is 3. The monoisotopic (exact) mass is 318 g/mol. The van der Waals surface area contributed by atoms with Gasteiger partial charge >= 0.3 is 6.18 Å². The average molecular weight is 318 g/mol. The molecule has 0 amide bonds. The highest BCUT2D eigenvalue weighted by Gasteiger charge is 2.31. The Morgan fingerprint density at radius 1 is 1.48 bits per heavy atom. The summed E-state index contributed by atoms with van der Waals surface area (Å²) >= 11 is 1.52. The molecule has 0 aliphatic heterocycles. The molecule has 1 N–H and O–H groups in total. The molecule has 0 saturated heterocycles. The van der Waals surface area contributed by atoms with Crippen LogP contribution in [0.25, 0.3) is 11.2 Å². The van der Waals surface area contributed by atoms with Crippen molar-refractivity contribution in [1.82, 2.24) is 14.5 Å². The van der Waals surface area contributed by atoms with Gasteiger partial charge in [0.2, 0.25) is 0 Å². The first-order valence-corrected chi connectivity index (χ1v) is 7.22. The Kier molecular flexibility index (Phi) is 4.40. The largest absolute Gasteiger partial charge is 0.417 e. The third-order valence-corrected chi connectivity index (χ3v) is 3.74. The molecule has 0 aliphatic carbocycles. The van der Waals surface area contributed by atoms with Crippen LogP contribution in [0.1, 0.15) is 18.3 Å². The summed E-state index contributed by atoms with van der Waals surface area (Å²) in [5.41, 5.74) is -0.133. The predicted octanol–water partition coefficient (Wildman–Crippen LogP) is 2.92. The minimum absolute atomic E-state index is 0.116. The quantitative estimate of drug-likeness (QED) is 0.535. The first kappa shape index (κ1) is 15.6. The highest BCUT2D eigenvalue weighted by atomic mass is 32.2. The molecule has 9 heteroatoms. The van der Waals surface area contributed by atoms with Gasteiger partial charge in [-0.1, -0.05) is 12.1 Å². The van der Waals surface area contributed by atoms with Crippen molar-refractivity contribution in [2.45, 2.75) is 13.1 Å². The van der Waals surface area contributed by atoms with Crippen LogP contribution in [0.15, 0.2) is 17.4 Å². The molecule has 0 unspecified atom stereocenters. The van der Waals surface area contributed by atoms with Gasteiger partial charge in [-0.25, -0.2) is 9.97 Å². The van der Waals surface area contributed by atoms with Crippen molar-refractivity contribution in [3.05, 3.63) is 23.7 Å². The Labute approximate surface area is 122 Å². The van der Waals surface area contributed by atoms with Gasteiger partial charge in [-0.2, -0.15) is 24.9 Å². The van der Waals surface area contributed by atoms with Crippen LogP contribution in [0.3, 0.4) is 0 Å². The van der Waals surface area contributed by atoms with E-state index in [1.54, 1.807) is 7.05 Å². The number of thioether (sulfide) groups is 1. The molecule has 0 fully saturated rings. The minimum Gasteiger partial charge on any atom is -0.411 e. The van der Waals surface area contributed by atoms with Crippen LogP contribution in [0.4, 0.5) is 13.2 Å².